The molecule has 0 radical (unpaired) electrons. The van der Waals surface area contributed by atoms with Gasteiger partial charge >= 0.3 is 0 Å². The molecule has 25 heavy (non-hydrogen) atoms. The van der Waals surface area contributed by atoms with Gasteiger partial charge in [-0.2, -0.15) is 0 Å². The standard InChI is InChI=1S/C19H19BrN2O3/c1-14(25-17-10-6-5-9-16(17)20)19(24)22-12-18(23)21(13-22)11-15-7-3-2-4-8-15/h2-10,14H,11-13H2,1H3/t14-/m0/s1. The molecule has 0 aliphatic carbocycles. The van der Waals surface area contributed by atoms with Gasteiger partial charge in [0.1, 0.15) is 12.3 Å². The molecule has 2 amide bonds. The van der Waals surface area contributed by atoms with E-state index in [-0.39, 0.29) is 25.0 Å². The Morgan fingerprint density at radius 1 is 1.16 bits per heavy atom. The van der Waals surface area contributed by atoms with Gasteiger partial charge in [0.2, 0.25) is 5.91 Å². The fourth-order valence-corrected chi connectivity index (χ4v) is 3.10. The van der Waals surface area contributed by atoms with E-state index in [9.17, 15) is 9.59 Å². The number of amides is 2. The smallest absolute Gasteiger partial charge is 0.265 e. The van der Waals surface area contributed by atoms with E-state index < -0.39 is 6.10 Å². The lowest BCUT2D eigenvalue weighted by molar-refractivity contribution is -0.137. The van der Waals surface area contributed by atoms with Crippen molar-refractivity contribution in [3.05, 3.63) is 64.6 Å². The van der Waals surface area contributed by atoms with E-state index in [0.29, 0.717) is 12.3 Å². The second-order valence-electron chi connectivity index (χ2n) is 5.95. The van der Waals surface area contributed by atoms with Gasteiger partial charge in [-0.3, -0.25) is 9.59 Å². The van der Waals surface area contributed by atoms with Gasteiger partial charge in [0, 0.05) is 6.54 Å². The molecule has 2 aromatic carbocycles. The van der Waals surface area contributed by atoms with Crippen LogP contribution in [0.3, 0.4) is 0 Å². The number of para-hydroxylation sites is 1. The van der Waals surface area contributed by atoms with Crippen LogP contribution in [-0.4, -0.2) is 40.9 Å². The highest BCUT2D eigenvalue weighted by Gasteiger charge is 2.33. The van der Waals surface area contributed by atoms with E-state index in [0.717, 1.165) is 10.0 Å². The topological polar surface area (TPSA) is 49.9 Å². The lowest BCUT2D eigenvalue weighted by Crippen LogP contribution is -2.40. The lowest BCUT2D eigenvalue weighted by Gasteiger charge is -2.22. The minimum absolute atomic E-state index is 0.0507. The number of carbonyl (C=O) groups is 2. The summed E-state index contributed by atoms with van der Waals surface area (Å²) in [5.41, 5.74) is 1.04. The van der Waals surface area contributed by atoms with Crippen molar-refractivity contribution in [1.29, 1.82) is 0 Å². The molecule has 0 unspecified atom stereocenters. The quantitative estimate of drug-likeness (QED) is 0.771. The molecule has 3 rings (SSSR count). The highest BCUT2D eigenvalue weighted by molar-refractivity contribution is 9.10. The highest BCUT2D eigenvalue weighted by Crippen LogP contribution is 2.25. The predicted molar refractivity (Wildman–Crippen MR) is 97.8 cm³/mol. The molecule has 1 aliphatic heterocycles. The summed E-state index contributed by atoms with van der Waals surface area (Å²) in [6, 6.07) is 17.1. The third-order valence-corrected chi connectivity index (χ3v) is 4.69. The van der Waals surface area contributed by atoms with Gasteiger partial charge in [0.15, 0.2) is 6.10 Å². The normalized spacial score (nSPS) is 15.4. The Kier molecular flexibility index (Phi) is 5.38. The van der Waals surface area contributed by atoms with E-state index in [4.69, 9.17) is 4.74 Å². The van der Waals surface area contributed by atoms with Crippen molar-refractivity contribution in [3.63, 3.8) is 0 Å². The third kappa shape index (κ3) is 4.20. The van der Waals surface area contributed by atoms with Gasteiger partial charge in [0.25, 0.3) is 5.91 Å². The summed E-state index contributed by atoms with van der Waals surface area (Å²) in [6.45, 7) is 2.58. The molecule has 1 heterocycles. The summed E-state index contributed by atoms with van der Waals surface area (Å²) in [5.74, 6) is 0.361. The molecule has 5 nitrogen and oxygen atoms in total. The molecular weight excluding hydrogens is 384 g/mol. The predicted octanol–water partition coefficient (Wildman–Crippen LogP) is 3.04. The fraction of sp³-hybridized carbons (Fsp3) is 0.263. The van der Waals surface area contributed by atoms with Gasteiger partial charge in [0.05, 0.1) is 11.1 Å². The molecule has 0 aromatic heterocycles. The molecule has 1 fully saturated rings. The molecule has 0 bridgehead atoms. The second-order valence-corrected chi connectivity index (χ2v) is 6.80. The van der Waals surface area contributed by atoms with Crippen molar-refractivity contribution < 1.29 is 14.3 Å². The first-order valence-corrected chi connectivity index (χ1v) is 8.85. The molecule has 6 heteroatoms. The Balaban J connectivity index is 1.61. The molecule has 1 atom stereocenters. The SMILES string of the molecule is C[C@H](Oc1ccccc1Br)C(=O)N1CC(=O)N(Cc2ccccc2)C1. The first-order chi connectivity index (χ1) is 12.0. The molecule has 0 spiro atoms. The van der Waals surface area contributed by atoms with Crippen molar-refractivity contribution in [2.75, 3.05) is 13.2 Å². The number of nitrogens with zero attached hydrogens (tertiary/aromatic N) is 2. The van der Waals surface area contributed by atoms with E-state index in [1.807, 2.05) is 48.5 Å². The van der Waals surface area contributed by atoms with Crippen LogP contribution in [0.4, 0.5) is 0 Å². The zero-order valence-electron chi connectivity index (χ0n) is 13.9. The first-order valence-electron chi connectivity index (χ1n) is 8.06. The van der Waals surface area contributed by atoms with Crippen molar-refractivity contribution in [3.8, 4) is 5.75 Å². The molecule has 0 N–H and O–H groups in total. The number of ether oxygens (including phenoxy) is 1. The van der Waals surface area contributed by atoms with Crippen LogP contribution in [0.1, 0.15) is 12.5 Å². The number of hydrogen-bond acceptors (Lipinski definition) is 3. The van der Waals surface area contributed by atoms with Crippen LogP contribution >= 0.6 is 15.9 Å². The average molecular weight is 403 g/mol. The second kappa shape index (κ2) is 7.70. The number of benzene rings is 2. The van der Waals surface area contributed by atoms with E-state index >= 15 is 0 Å². The monoisotopic (exact) mass is 402 g/mol. The molecular formula is C19H19BrN2O3. The number of rotatable bonds is 5. The lowest BCUT2D eigenvalue weighted by atomic mass is 10.2. The fourth-order valence-electron chi connectivity index (χ4n) is 2.73. The summed E-state index contributed by atoms with van der Waals surface area (Å²) >= 11 is 3.40. The van der Waals surface area contributed by atoms with Gasteiger partial charge < -0.3 is 14.5 Å². The maximum Gasteiger partial charge on any atom is 0.265 e. The first kappa shape index (κ1) is 17.5. The van der Waals surface area contributed by atoms with Crippen LogP contribution in [0.5, 0.6) is 5.75 Å². The number of hydrogen-bond donors (Lipinski definition) is 0. The number of halogens is 1. The molecule has 2 aromatic rings. The van der Waals surface area contributed by atoms with Crippen LogP contribution in [0.2, 0.25) is 0 Å². The maximum absolute atomic E-state index is 12.6. The van der Waals surface area contributed by atoms with Crippen molar-refractivity contribution in [2.24, 2.45) is 0 Å². The van der Waals surface area contributed by atoms with E-state index in [2.05, 4.69) is 15.9 Å². The molecule has 1 saturated heterocycles. The van der Waals surface area contributed by atoms with Gasteiger partial charge in [-0.15, -0.1) is 0 Å². The van der Waals surface area contributed by atoms with Crippen LogP contribution in [0.15, 0.2) is 59.1 Å². The van der Waals surface area contributed by atoms with Crippen molar-refractivity contribution in [2.45, 2.75) is 19.6 Å². The van der Waals surface area contributed by atoms with Crippen LogP contribution in [0.25, 0.3) is 0 Å². The number of carbonyl (C=O) groups excluding carboxylic acids is 2. The zero-order valence-corrected chi connectivity index (χ0v) is 15.5. The Labute approximate surface area is 155 Å². The van der Waals surface area contributed by atoms with Gasteiger partial charge in [-0.25, -0.2) is 0 Å². The van der Waals surface area contributed by atoms with Crippen LogP contribution < -0.4 is 4.74 Å². The summed E-state index contributed by atoms with van der Waals surface area (Å²) < 4.78 is 6.53. The average Bonchev–Trinajstić information content (AvgIpc) is 2.98. The van der Waals surface area contributed by atoms with E-state index in [1.165, 1.54) is 4.90 Å². The van der Waals surface area contributed by atoms with Crippen LogP contribution in [0, 0.1) is 0 Å². The molecule has 1 aliphatic rings. The Morgan fingerprint density at radius 3 is 2.56 bits per heavy atom. The minimum Gasteiger partial charge on any atom is -0.480 e. The van der Waals surface area contributed by atoms with Gasteiger partial charge in [-0.1, -0.05) is 42.5 Å². The highest BCUT2D eigenvalue weighted by atomic mass is 79.9. The zero-order chi connectivity index (χ0) is 17.8. The largest absolute Gasteiger partial charge is 0.480 e. The Hall–Kier alpha value is -2.34. The minimum atomic E-state index is -0.664. The Bertz CT molecular complexity index is 766. The summed E-state index contributed by atoms with van der Waals surface area (Å²) in [5, 5.41) is 0. The maximum atomic E-state index is 12.6. The summed E-state index contributed by atoms with van der Waals surface area (Å²) in [4.78, 5) is 28.0. The third-order valence-electron chi connectivity index (χ3n) is 4.04. The molecule has 130 valence electrons. The Morgan fingerprint density at radius 2 is 1.84 bits per heavy atom. The van der Waals surface area contributed by atoms with Crippen molar-refractivity contribution >= 4 is 27.7 Å². The van der Waals surface area contributed by atoms with Gasteiger partial charge in [-0.05, 0) is 40.5 Å². The summed E-state index contributed by atoms with van der Waals surface area (Å²) in [6.07, 6.45) is -0.664. The van der Waals surface area contributed by atoms with Crippen LogP contribution in [-0.2, 0) is 16.1 Å². The molecule has 0 saturated carbocycles. The summed E-state index contributed by atoms with van der Waals surface area (Å²) in [7, 11) is 0. The van der Waals surface area contributed by atoms with Crippen molar-refractivity contribution in [1.82, 2.24) is 9.80 Å². The van der Waals surface area contributed by atoms with E-state index in [1.54, 1.807) is 17.9 Å².